The molecule has 28 heavy (non-hydrogen) atoms. The summed E-state index contributed by atoms with van der Waals surface area (Å²) in [7, 11) is 0. The molecule has 0 saturated carbocycles. The van der Waals surface area contributed by atoms with E-state index in [0.29, 0.717) is 46.9 Å². The third-order valence-electron chi connectivity index (χ3n) is 5.38. The van der Waals surface area contributed by atoms with Crippen molar-refractivity contribution in [2.24, 2.45) is 5.92 Å². The first-order valence-corrected chi connectivity index (χ1v) is 10.7. The number of nitrogens with one attached hydrogen (secondary N) is 1. The summed E-state index contributed by atoms with van der Waals surface area (Å²) in [4.78, 5) is 18.7. The highest BCUT2D eigenvalue weighted by Gasteiger charge is 2.16. The minimum atomic E-state index is -0.0741. The highest BCUT2D eigenvalue weighted by Crippen LogP contribution is 2.30. The Bertz CT molecular complexity index is 913. The molecule has 1 aromatic heterocycles. The Kier molecular flexibility index (Phi) is 7.13. The zero-order chi connectivity index (χ0) is 20.1. The first-order chi connectivity index (χ1) is 13.5. The van der Waals surface area contributed by atoms with E-state index in [0.717, 1.165) is 32.0 Å². The molecule has 1 fully saturated rings. The number of aromatic nitrogens is 2. The maximum Gasteiger partial charge on any atom is 0.262 e. The van der Waals surface area contributed by atoms with E-state index in [1.165, 1.54) is 12.8 Å². The van der Waals surface area contributed by atoms with Crippen LogP contribution in [0.2, 0.25) is 0 Å². The number of piperidine rings is 1. The molecule has 1 N–H and O–H groups in total. The topological polar surface area (TPSA) is 59.5 Å². The maximum atomic E-state index is 13.1. The number of hydrogen-bond donors (Lipinski definition) is 1. The summed E-state index contributed by atoms with van der Waals surface area (Å²) in [5, 5.41) is 0.576. The van der Waals surface area contributed by atoms with Crippen molar-refractivity contribution in [3.8, 4) is 11.5 Å². The van der Waals surface area contributed by atoms with E-state index >= 15 is 0 Å². The fourth-order valence-corrected chi connectivity index (χ4v) is 4.02. The van der Waals surface area contributed by atoms with Gasteiger partial charge in [-0.2, -0.15) is 0 Å². The smallest absolute Gasteiger partial charge is 0.262 e. The monoisotopic (exact) mass is 405 g/mol. The third-order valence-corrected chi connectivity index (χ3v) is 5.70. The van der Waals surface area contributed by atoms with Crippen molar-refractivity contribution in [1.29, 1.82) is 0 Å². The fraction of sp³-hybridized carbons (Fsp3) is 0.619. The Morgan fingerprint density at radius 1 is 1.11 bits per heavy atom. The van der Waals surface area contributed by atoms with Gasteiger partial charge in [-0.15, -0.1) is 0 Å². The van der Waals surface area contributed by atoms with Gasteiger partial charge < -0.3 is 19.4 Å². The number of nitrogens with zero attached hydrogens (tertiary/aromatic N) is 2. The second-order valence-electron chi connectivity index (χ2n) is 7.48. The number of benzene rings is 1. The average molecular weight is 406 g/mol. The van der Waals surface area contributed by atoms with Gasteiger partial charge in [-0.1, -0.05) is 6.92 Å². The molecule has 0 bridgehead atoms. The van der Waals surface area contributed by atoms with Gasteiger partial charge in [0.1, 0.15) is 0 Å². The Balaban J connectivity index is 1.81. The molecule has 2 heterocycles. The molecule has 3 rings (SSSR count). The molecule has 1 aliphatic rings. The largest absolute Gasteiger partial charge is 0.490 e. The number of ether oxygens (including phenoxy) is 2. The average Bonchev–Trinajstić information content (AvgIpc) is 2.67. The van der Waals surface area contributed by atoms with E-state index in [1.807, 2.05) is 13.8 Å². The minimum Gasteiger partial charge on any atom is -0.490 e. The first-order valence-electron chi connectivity index (χ1n) is 10.3. The SMILES string of the molecule is CCOc1cc2[nH]c(=S)n(CCCN3CCC(C)CC3)c(=O)c2cc1OCC. The van der Waals surface area contributed by atoms with Crippen LogP contribution >= 0.6 is 12.2 Å². The summed E-state index contributed by atoms with van der Waals surface area (Å²) in [5.74, 6) is 2.04. The minimum absolute atomic E-state index is 0.0741. The van der Waals surface area contributed by atoms with Crippen molar-refractivity contribution in [1.82, 2.24) is 14.5 Å². The molecular formula is C21H31N3O3S. The van der Waals surface area contributed by atoms with E-state index < -0.39 is 0 Å². The normalized spacial score (nSPS) is 15.8. The summed E-state index contributed by atoms with van der Waals surface area (Å²) in [6.07, 6.45) is 3.43. The van der Waals surface area contributed by atoms with Gasteiger partial charge >= 0.3 is 0 Å². The number of rotatable bonds is 8. The molecule has 1 aromatic carbocycles. The van der Waals surface area contributed by atoms with Gasteiger partial charge in [-0.05, 0) is 76.9 Å². The quantitative estimate of drug-likeness (QED) is 0.673. The summed E-state index contributed by atoms with van der Waals surface area (Å²) in [5.41, 5.74) is 0.609. The van der Waals surface area contributed by atoms with Crippen LogP contribution in [-0.4, -0.2) is 47.3 Å². The lowest BCUT2D eigenvalue weighted by Crippen LogP contribution is -2.34. The van der Waals surface area contributed by atoms with E-state index in [4.69, 9.17) is 21.7 Å². The fourth-order valence-electron chi connectivity index (χ4n) is 3.74. The van der Waals surface area contributed by atoms with Gasteiger partial charge in [-0.3, -0.25) is 9.36 Å². The Morgan fingerprint density at radius 3 is 2.39 bits per heavy atom. The number of aromatic amines is 1. The summed E-state index contributed by atoms with van der Waals surface area (Å²) in [6.45, 7) is 11.1. The van der Waals surface area contributed by atoms with Crippen molar-refractivity contribution in [2.75, 3.05) is 32.8 Å². The zero-order valence-corrected chi connectivity index (χ0v) is 17.9. The van der Waals surface area contributed by atoms with Gasteiger partial charge in [0.05, 0.1) is 24.1 Å². The van der Waals surface area contributed by atoms with Crippen molar-refractivity contribution < 1.29 is 9.47 Å². The van der Waals surface area contributed by atoms with Gasteiger partial charge in [-0.25, -0.2) is 0 Å². The van der Waals surface area contributed by atoms with E-state index in [9.17, 15) is 4.79 Å². The number of fused-ring (bicyclic) bond motifs is 1. The van der Waals surface area contributed by atoms with Gasteiger partial charge in [0.2, 0.25) is 0 Å². The van der Waals surface area contributed by atoms with Gasteiger partial charge in [0, 0.05) is 12.6 Å². The predicted molar refractivity (Wildman–Crippen MR) is 115 cm³/mol. The van der Waals surface area contributed by atoms with Crippen LogP contribution in [-0.2, 0) is 6.54 Å². The van der Waals surface area contributed by atoms with Crippen LogP contribution in [0.1, 0.15) is 40.0 Å². The Labute approximate surface area is 171 Å². The van der Waals surface area contributed by atoms with Gasteiger partial charge in [0.25, 0.3) is 5.56 Å². The van der Waals surface area contributed by atoms with Crippen LogP contribution in [0.5, 0.6) is 11.5 Å². The highest BCUT2D eigenvalue weighted by molar-refractivity contribution is 7.71. The Hall–Kier alpha value is -1.86. The molecule has 0 atom stereocenters. The van der Waals surface area contributed by atoms with Crippen molar-refractivity contribution in [3.63, 3.8) is 0 Å². The van der Waals surface area contributed by atoms with Crippen molar-refractivity contribution in [2.45, 2.75) is 46.6 Å². The molecule has 0 spiro atoms. The van der Waals surface area contributed by atoms with E-state index in [-0.39, 0.29) is 5.56 Å². The van der Waals surface area contributed by atoms with E-state index in [1.54, 1.807) is 16.7 Å². The predicted octanol–water partition coefficient (Wildman–Crippen LogP) is 3.98. The van der Waals surface area contributed by atoms with Crippen LogP contribution in [0.25, 0.3) is 10.9 Å². The molecule has 0 radical (unpaired) electrons. The van der Waals surface area contributed by atoms with Crippen LogP contribution < -0.4 is 15.0 Å². The third kappa shape index (κ3) is 4.75. The molecule has 1 saturated heterocycles. The second kappa shape index (κ2) is 9.56. The molecule has 0 amide bonds. The molecule has 0 unspecified atom stereocenters. The van der Waals surface area contributed by atoms with Gasteiger partial charge in [0.15, 0.2) is 16.3 Å². The molecule has 0 aliphatic carbocycles. The van der Waals surface area contributed by atoms with Crippen LogP contribution in [0, 0.1) is 10.7 Å². The van der Waals surface area contributed by atoms with Crippen molar-refractivity contribution in [3.05, 3.63) is 27.3 Å². The second-order valence-corrected chi connectivity index (χ2v) is 7.86. The standard InChI is InChI=1S/C21H31N3O3S/c1-4-26-18-13-16-17(14-19(18)27-5-2)22-21(28)24(20(16)25)10-6-9-23-11-7-15(3)8-12-23/h13-15H,4-12H2,1-3H3,(H,22,28). The molecule has 2 aromatic rings. The first kappa shape index (κ1) is 20.9. The highest BCUT2D eigenvalue weighted by atomic mass is 32.1. The lowest BCUT2D eigenvalue weighted by Gasteiger charge is -2.30. The molecular weight excluding hydrogens is 374 g/mol. The molecule has 6 nitrogen and oxygen atoms in total. The molecule has 1 aliphatic heterocycles. The van der Waals surface area contributed by atoms with Crippen LogP contribution in [0.4, 0.5) is 0 Å². The maximum absolute atomic E-state index is 13.1. The summed E-state index contributed by atoms with van der Waals surface area (Å²) in [6, 6.07) is 3.57. The lowest BCUT2D eigenvalue weighted by molar-refractivity contribution is 0.188. The zero-order valence-electron chi connectivity index (χ0n) is 17.1. The van der Waals surface area contributed by atoms with Crippen LogP contribution in [0.15, 0.2) is 16.9 Å². The van der Waals surface area contributed by atoms with Crippen LogP contribution in [0.3, 0.4) is 0 Å². The molecule has 154 valence electrons. The summed E-state index contributed by atoms with van der Waals surface area (Å²) >= 11 is 5.47. The number of likely N-dealkylation sites (tertiary alicyclic amines) is 1. The van der Waals surface area contributed by atoms with Crippen molar-refractivity contribution >= 4 is 23.1 Å². The Morgan fingerprint density at radius 2 is 1.75 bits per heavy atom. The molecule has 7 heteroatoms. The van der Waals surface area contributed by atoms with E-state index in [2.05, 4.69) is 16.8 Å². The summed E-state index contributed by atoms with van der Waals surface area (Å²) < 4.78 is 13.4. The number of H-pyrrole nitrogens is 1. The lowest BCUT2D eigenvalue weighted by atomic mass is 9.99. The number of hydrogen-bond acceptors (Lipinski definition) is 5.